The van der Waals surface area contributed by atoms with Crippen LogP contribution in [0, 0.1) is 25.7 Å². The zero-order chi connectivity index (χ0) is 24.2. The average molecular weight is 482 g/mol. The van der Waals surface area contributed by atoms with Gasteiger partial charge in [-0.1, -0.05) is 37.1 Å². The van der Waals surface area contributed by atoms with E-state index in [-0.39, 0.29) is 29.0 Å². The van der Waals surface area contributed by atoms with Crippen LogP contribution in [0.1, 0.15) is 62.1 Å². The van der Waals surface area contributed by atoms with Gasteiger partial charge in [0.15, 0.2) is 0 Å². The molecule has 0 unspecified atom stereocenters. The SMILES string of the molecule is CCCCNC(=O)C1CCC(Cn2c(=O)c3sccc3n(Cc3cc(C)ccc3C)c2=O)CC1. The lowest BCUT2D eigenvalue weighted by molar-refractivity contribution is -0.126. The predicted molar refractivity (Wildman–Crippen MR) is 139 cm³/mol. The molecule has 1 fully saturated rings. The van der Waals surface area contributed by atoms with Crippen LogP contribution >= 0.6 is 11.3 Å². The summed E-state index contributed by atoms with van der Waals surface area (Å²) < 4.78 is 3.83. The Morgan fingerprint density at radius 2 is 1.85 bits per heavy atom. The second kappa shape index (κ2) is 10.7. The van der Waals surface area contributed by atoms with Gasteiger partial charge in [-0.3, -0.25) is 18.7 Å². The molecule has 0 bridgehead atoms. The molecule has 3 aromatic rings. The van der Waals surface area contributed by atoms with Crippen molar-refractivity contribution in [2.75, 3.05) is 6.54 Å². The first-order valence-electron chi connectivity index (χ1n) is 12.4. The van der Waals surface area contributed by atoms with Crippen molar-refractivity contribution in [3.63, 3.8) is 0 Å². The van der Waals surface area contributed by atoms with Crippen LogP contribution < -0.4 is 16.6 Å². The molecule has 7 heteroatoms. The number of benzene rings is 1. The second-order valence-electron chi connectivity index (χ2n) is 9.71. The number of hydrogen-bond acceptors (Lipinski definition) is 4. The van der Waals surface area contributed by atoms with Crippen molar-refractivity contribution in [2.45, 2.75) is 72.4 Å². The molecular formula is C27H35N3O3S. The fourth-order valence-electron chi connectivity index (χ4n) is 4.99. The molecule has 1 aromatic carbocycles. The van der Waals surface area contributed by atoms with Gasteiger partial charge < -0.3 is 5.32 Å². The first-order valence-corrected chi connectivity index (χ1v) is 13.3. The van der Waals surface area contributed by atoms with Crippen molar-refractivity contribution in [1.82, 2.24) is 14.5 Å². The molecule has 1 aliphatic carbocycles. The summed E-state index contributed by atoms with van der Waals surface area (Å²) in [6, 6.07) is 8.14. The number of amides is 1. The summed E-state index contributed by atoms with van der Waals surface area (Å²) in [6.45, 7) is 7.83. The van der Waals surface area contributed by atoms with Crippen LogP contribution in [-0.2, 0) is 17.9 Å². The van der Waals surface area contributed by atoms with E-state index < -0.39 is 0 Å². The molecule has 1 N–H and O–H groups in total. The van der Waals surface area contributed by atoms with E-state index in [1.54, 1.807) is 4.57 Å². The maximum Gasteiger partial charge on any atom is 0.331 e. The van der Waals surface area contributed by atoms with Crippen LogP contribution in [0.3, 0.4) is 0 Å². The van der Waals surface area contributed by atoms with Gasteiger partial charge in [0.25, 0.3) is 5.56 Å². The standard InChI is InChI=1S/C27H35N3O3S/c1-4-5-13-28-25(31)21-10-8-20(9-11-21)16-30-26(32)24-23(12-14-34-24)29(27(30)33)17-22-15-18(2)6-7-19(22)3/h6-7,12,14-15,20-21H,4-5,8-11,13,16-17H2,1-3H3,(H,28,31). The molecule has 4 rings (SSSR count). The van der Waals surface area contributed by atoms with E-state index in [1.165, 1.54) is 15.9 Å². The molecule has 0 aliphatic heterocycles. The minimum atomic E-state index is -0.240. The number of fused-ring (bicyclic) bond motifs is 1. The number of nitrogens with zero attached hydrogens (tertiary/aromatic N) is 2. The lowest BCUT2D eigenvalue weighted by Gasteiger charge is -2.28. The smallest absolute Gasteiger partial charge is 0.331 e. The first kappa shape index (κ1) is 24.5. The van der Waals surface area contributed by atoms with Gasteiger partial charge in [0.2, 0.25) is 5.91 Å². The van der Waals surface area contributed by atoms with Crippen molar-refractivity contribution >= 4 is 27.5 Å². The van der Waals surface area contributed by atoms with Gasteiger partial charge in [-0.2, -0.15) is 0 Å². The minimum absolute atomic E-state index is 0.0468. The number of carbonyl (C=O) groups excluding carboxylic acids is 1. The third-order valence-corrected chi connectivity index (χ3v) is 8.05. The molecule has 0 atom stereocenters. The summed E-state index contributed by atoms with van der Waals surface area (Å²) >= 11 is 1.40. The van der Waals surface area contributed by atoms with Gasteiger partial charge in [-0.05, 0) is 74.4 Å². The zero-order valence-electron chi connectivity index (χ0n) is 20.4. The highest BCUT2D eigenvalue weighted by molar-refractivity contribution is 7.17. The molecule has 182 valence electrons. The van der Waals surface area contributed by atoms with E-state index in [0.717, 1.165) is 61.8 Å². The number of carbonyl (C=O) groups is 1. The fourth-order valence-corrected chi connectivity index (χ4v) is 5.83. The molecule has 2 heterocycles. The van der Waals surface area contributed by atoms with Crippen LogP contribution in [0.15, 0.2) is 39.2 Å². The van der Waals surface area contributed by atoms with Gasteiger partial charge in [0, 0.05) is 19.0 Å². The van der Waals surface area contributed by atoms with Gasteiger partial charge >= 0.3 is 5.69 Å². The highest BCUT2D eigenvalue weighted by Crippen LogP contribution is 2.30. The van der Waals surface area contributed by atoms with Gasteiger partial charge in [-0.15, -0.1) is 11.3 Å². The summed E-state index contributed by atoms with van der Waals surface area (Å²) in [4.78, 5) is 39.2. The molecule has 0 radical (unpaired) electrons. The van der Waals surface area contributed by atoms with Gasteiger partial charge in [0.05, 0.1) is 12.1 Å². The first-order chi connectivity index (χ1) is 16.4. The summed E-state index contributed by atoms with van der Waals surface area (Å²) in [5, 5.41) is 4.93. The Morgan fingerprint density at radius 1 is 1.09 bits per heavy atom. The Hall–Kier alpha value is -2.67. The number of unbranched alkanes of at least 4 members (excludes halogenated alkanes) is 1. The van der Waals surface area contributed by atoms with Crippen LogP contribution in [0.5, 0.6) is 0 Å². The average Bonchev–Trinajstić information content (AvgIpc) is 3.32. The lowest BCUT2D eigenvalue weighted by Crippen LogP contribution is -2.42. The highest BCUT2D eigenvalue weighted by Gasteiger charge is 2.27. The molecule has 1 saturated carbocycles. The van der Waals surface area contributed by atoms with Crippen molar-refractivity contribution < 1.29 is 4.79 Å². The molecule has 0 saturated heterocycles. The number of nitrogens with one attached hydrogen (secondary N) is 1. The Kier molecular flexibility index (Phi) is 7.71. The van der Waals surface area contributed by atoms with Crippen molar-refractivity contribution in [3.05, 3.63) is 67.2 Å². The Morgan fingerprint density at radius 3 is 2.59 bits per heavy atom. The maximum absolute atomic E-state index is 13.6. The molecule has 1 amide bonds. The molecule has 34 heavy (non-hydrogen) atoms. The number of rotatable bonds is 8. The summed E-state index contributed by atoms with van der Waals surface area (Å²) in [7, 11) is 0. The Labute approximate surface area is 204 Å². The highest BCUT2D eigenvalue weighted by atomic mass is 32.1. The third-order valence-electron chi connectivity index (χ3n) is 7.16. The topological polar surface area (TPSA) is 73.1 Å². The van der Waals surface area contributed by atoms with E-state index in [1.807, 2.05) is 18.4 Å². The number of aryl methyl sites for hydroxylation is 2. The van der Waals surface area contributed by atoms with E-state index in [9.17, 15) is 14.4 Å². The molecule has 1 aliphatic rings. The zero-order valence-corrected chi connectivity index (χ0v) is 21.2. The lowest BCUT2D eigenvalue weighted by atomic mass is 9.81. The van der Waals surface area contributed by atoms with Crippen molar-refractivity contribution in [1.29, 1.82) is 0 Å². The fraction of sp³-hybridized carbons (Fsp3) is 0.519. The van der Waals surface area contributed by atoms with E-state index in [4.69, 9.17) is 0 Å². The Bertz CT molecular complexity index is 1280. The van der Waals surface area contributed by atoms with E-state index in [2.05, 4.69) is 37.4 Å². The van der Waals surface area contributed by atoms with E-state index >= 15 is 0 Å². The van der Waals surface area contributed by atoms with Gasteiger partial charge in [0.1, 0.15) is 4.70 Å². The molecule has 6 nitrogen and oxygen atoms in total. The molecular weight excluding hydrogens is 446 g/mol. The van der Waals surface area contributed by atoms with Crippen LogP contribution in [0.2, 0.25) is 0 Å². The quantitative estimate of drug-likeness (QED) is 0.478. The number of hydrogen-bond donors (Lipinski definition) is 1. The number of thiophene rings is 1. The van der Waals surface area contributed by atoms with Gasteiger partial charge in [-0.25, -0.2) is 4.79 Å². The van der Waals surface area contributed by atoms with Crippen LogP contribution in [0.25, 0.3) is 10.2 Å². The van der Waals surface area contributed by atoms with E-state index in [0.29, 0.717) is 23.3 Å². The third kappa shape index (κ3) is 5.19. The second-order valence-corrected chi connectivity index (χ2v) is 10.6. The summed E-state index contributed by atoms with van der Waals surface area (Å²) in [6.07, 6.45) is 5.42. The predicted octanol–water partition coefficient (Wildman–Crippen LogP) is 4.61. The number of aromatic nitrogens is 2. The normalized spacial score (nSPS) is 18.3. The van der Waals surface area contributed by atoms with Crippen LogP contribution in [0.4, 0.5) is 0 Å². The van der Waals surface area contributed by atoms with Crippen molar-refractivity contribution in [2.24, 2.45) is 11.8 Å². The maximum atomic E-state index is 13.6. The summed E-state index contributed by atoms with van der Waals surface area (Å²) in [5.41, 5.74) is 3.66. The summed E-state index contributed by atoms with van der Waals surface area (Å²) in [5.74, 6) is 0.433. The monoisotopic (exact) mass is 481 g/mol. The molecule has 2 aromatic heterocycles. The largest absolute Gasteiger partial charge is 0.356 e. The minimum Gasteiger partial charge on any atom is -0.356 e. The molecule has 0 spiro atoms. The van der Waals surface area contributed by atoms with Crippen LogP contribution in [-0.4, -0.2) is 21.6 Å². The Balaban J connectivity index is 1.55. The van der Waals surface area contributed by atoms with Crippen molar-refractivity contribution in [3.8, 4) is 0 Å².